The van der Waals surface area contributed by atoms with Crippen LogP contribution in [0, 0.1) is 0 Å². The lowest BCUT2D eigenvalue weighted by molar-refractivity contribution is 0.0697. The van der Waals surface area contributed by atoms with Gasteiger partial charge in [-0.25, -0.2) is 4.79 Å². The van der Waals surface area contributed by atoms with Gasteiger partial charge in [-0.3, -0.25) is 4.98 Å². The van der Waals surface area contributed by atoms with E-state index in [2.05, 4.69) is 36.2 Å². The standard InChI is InChI=1S/C29H33NO3/c1-2-3-8-23-14-16-24(17-15-23)9-4-5-20-33-22-28-13-7-12-27(30-28)19-18-25-10-6-11-26(21-25)29(31)32/h6-7,10-19,21H,2-5,8-9,20,22H2,1H3,(H,31,32)/b19-18+. The van der Waals surface area contributed by atoms with Crippen LogP contribution in [0.3, 0.4) is 0 Å². The van der Waals surface area contributed by atoms with Gasteiger partial charge < -0.3 is 9.84 Å². The van der Waals surface area contributed by atoms with Crippen molar-refractivity contribution in [3.8, 4) is 0 Å². The molecule has 1 aromatic heterocycles. The maximum absolute atomic E-state index is 11.1. The Labute approximate surface area is 197 Å². The van der Waals surface area contributed by atoms with Gasteiger partial charge in [-0.2, -0.15) is 0 Å². The first-order valence-corrected chi connectivity index (χ1v) is 11.8. The van der Waals surface area contributed by atoms with E-state index in [1.54, 1.807) is 18.2 Å². The number of unbranched alkanes of at least 4 members (excludes halogenated alkanes) is 2. The number of aromatic carboxylic acids is 1. The van der Waals surface area contributed by atoms with Gasteiger partial charge in [-0.1, -0.05) is 61.9 Å². The van der Waals surface area contributed by atoms with E-state index in [-0.39, 0.29) is 5.56 Å². The van der Waals surface area contributed by atoms with E-state index in [1.165, 1.54) is 30.4 Å². The Morgan fingerprint density at radius 2 is 1.64 bits per heavy atom. The fourth-order valence-electron chi connectivity index (χ4n) is 3.59. The molecule has 4 nitrogen and oxygen atoms in total. The summed E-state index contributed by atoms with van der Waals surface area (Å²) in [5.74, 6) is -0.928. The van der Waals surface area contributed by atoms with Gasteiger partial charge in [-0.15, -0.1) is 0 Å². The van der Waals surface area contributed by atoms with Gasteiger partial charge in [0, 0.05) is 6.61 Å². The van der Waals surface area contributed by atoms with Crippen molar-refractivity contribution < 1.29 is 14.6 Å². The lowest BCUT2D eigenvalue weighted by Crippen LogP contribution is -1.99. The highest BCUT2D eigenvalue weighted by atomic mass is 16.5. The zero-order valence-corrected chi connectivity index (χ0v) is 19.4. The number of rotatable bonds is 13. The molecule has 0 fully saturated rings. The van der Waals surface area contributed by atoms with Crippen LogP contribution in [-0.2, 0) is 24.2 Å². The number of carboxylic acids is 1. The Hall–Kier alpha value is -3.24. The minimum absolute atomic E-state index is 0.274. The summed E-state index contributed by atoms with van der Waals surface area (Å²) < 4.78 is 5.83. The maximum Gasteiger partial charge on any atom is 0.335 e. The Morgan fingerprint density at radius 1 is 0.909 bits per heavy atom. The molecule has 0 spiro atoms. The van der Waals surface area contributed by atoms with Gasteiger partial charge in [0.05, 0.1) is 23.6 Å². The number of nitrogens with zero attached hydrogens (tertiary/aromatic N) is 1. The molecule has 33 heavy (non-hydrogen) atoms. The largest absolute Gasteiger partial charge is 0.478 e. The number of pyridine rings is 1. The molecule has 0 amide bonds. The average molecular weight is 444 g/mol. The van der Waals surface area contributed by atoms with Crippen molar-refractivity contribution in [2.75, 3.05) is 6.61 Å². The van der Waals surface area contributed by atoms with Crippen molar-refractivity contribution in [3.05, 3.63) is 100 Å². The van der Waals surface area contributed by atoms with Crippen molar-refractivity contribution in [2.24, 2.45) is 0 Å². The Bertz CT molecular complexity index is 1040. The molecular formula is C29H33NO3. The lowest BCUT2D eigenvalue weighted by atomic mass is 10.0. The Kier molecular flexibility index (Phi) is 9.86. The van der Waals surface area contributed by atoms with Crippen LogP contribution >= 0.6 is 0 Å². The first-order chi connectivity index (χ1) is 16.1. The van der Waals surface area contributed by atoms with Crippen molar-refractivity contribution in [2.45, 2.75) is 52.1 Å². The third-order valence-electron chi connectivity index (χ3n) is 5.50. The lowest BCUT2D eigenvalue weighted by Gasteiger charge is -2.06. The highest BCUT2D eigenvalue weighted by Gasteiger charge is 2.02. The van der Waals surface area contributed by atoms with Crippen molar-refractivity contribution in [1.82, 2.24) is 4.98 Å². The van der Waals surface area contributed by atoms with E-state index < -0.39 is 5.97 Å². The molecule has 1 N–H and O–H groups in total. The summed E-state index contributed by atoms with van der Waals surface area (Å²) in [5, 5.41) is 9.11. The molecule has 172 valence electrons. The number of hydrogen-bond acceptors (Lipinski definition) is 3. The van der Waals surface area contributed by atoms with Crippen LogP contribution in [0.1, 0.15) is 71.0 Å². The van der Waals surface area contributed by atoms with Gasteiger partial charge in [0.15, 0.2) is 0 Å². The molecule has 1 heterocycles. The predicted octanol–water partition coefficient (Wildman–Crippen LogP) is 6.83. The molecule has 0 aliphatic heterocycles. The van der Waals surface area contributed by atoms with Gasteiger partial charge in [0.2, 0.25) is 0 Å². The number of ether oxygens (including phenoxy) is 1. The zero-order valence-electron chi connectivity index (χ0n) is 19.4. The van der Waals surface area contributed by atoms with E-state index in [9.17, 15) is 4.79 Å². The predicted molar refractivity (Wildman–Crippen MR) is 134 cm³/mol. The highest BCUT2D eigenvalue weighted by molar-refractivity contribution is 5.88. The Morgan fingerprint density at radius 3 is 2.36 bits per heavy atom. The number of benzene rings is 2. The van der Waals surface area contributed by atoms with Gasteiger partial charge >= 0.3 is 5.97 Å². The summed E-state index contributed by atoms with van der Waals surface area (Å²) in [6, 6.07) is 21.7. The molecule has 0 aliphatic rings. The summed E-state index contributed by atoms with van der Waals surface area (Å²) in [5.41, 5.74) is 5.64. The normalized spacial score (nSPS) is 11.2. The smallest absolute Gasteiger partial charge is 0.335 e. The van der Waals surface area contributed by atoms with E-state index in [0.29, 0.717) is 6.61 Å². The monoisotopic (exact) mass is 443 g/mol. The van der Waals surface area contributed by atoms with Crippen LogP contribution in [0.25, 0.3) is 12.2 Å². The summed E-state index contributed by atoms with van der Waals surface area (Å²) in [7, 11) is 0. The SMILES string of the molecule is CCCCc1ccc(CCCCOCc2cccc(/C=C/c3cccc(C(=O)O)c3)n2)cc1. The molecular weight excluding hydrogens is 410 g/mol. The average Bonchev–Trinajstić information content (AvgIpc) is 2.85. The van der Waals surface area contributed by atoms with E-state index in [1.807, 2.05) is 36.4 Å². The molecule has 0 bridgehead atoms. The summed E-state index contributed by atoms with van der Waals surface area (Å²) in [6.45, 7) is 3.44. The van der Waals surface area contributed by atoms with Crippen molar-refractivity contribution in [1.29, 1.82) is 0 Å². The van der Waals surface area contributed by atoms with Crippen LogP contribution in [0.4, 0.5) is 0 Å². The molecule has 0 saturated carbocycles. The number of aromatic nitrogens is 1. The fourth-order valence-corrected chi connectivity index (χ4v) is 3.59. The van der Waals surface area contributed by atoms with Gasteiger partial charge in [0.1, 0.15) is 0 Å². The molecule has 0 unspecified atom stereocenters. The second-order valence-corrected chi connectivity index (χ2v) is 8.25. The first-order valence-electron chi connectivity index (χ1n) is 11.8. The summed E-state index contributed by atoms with van der Waals surface area (Å²) >= 11 is 0. The minimum Gasteiger partial charge on any atom is -0.478 e. The fraction of sp³-hybridized carbons (Fsp3) is 0.310. The molecule has 2 aromatic carbocycles. The molecule has 3 aromatic rings. The van der Waals surface area contributed by atoms with Crippen LogP contribution in [0.5, 0.6) is 0 Å². The van der Waals surface area contributed by atoms with Gasteiger partial charge in [-0.05, 0) is 79.1 Å². The van der Waals surface area contributed by atoms with Crippen molar-refractivity contribution >= 4 is 18.1 Å². The molecule has 3 rings (SSSR count). The van der Waals surface area contributed by atoms with E-state index >= 15 is 0 Å². The minimum atomic E-state index is -0.928. The molecule has 0 radical (unpaired) electrons. The van der Waals surface area contributed by atoms with Crippen LogP contribution in [0.2, 0.25) is 0 Å². The summed E-state index contributed by atoms with van der Waals surface area (Å²) in [6.07, 6.45) is 10.6. The second-order valence-electron chi connectivity index (χ2n) is 8.25. The molecule has 0 atom stereocenters. The third kappa shape index (κ3) is 8.66. The zero-order chi connectivity index (χ0) is 23.3. The number of carboxylic acid groups (broad SMARTS) is 1. The number of aryl methyl sites for hydroxylation is 2. The van der Waals surface area contributed by atoms with Crippen LogP contribution in [0.15, 0.2) is 66.7 Å². The summed E-state index contributed by atoms with van der Waals surface area (Å²) in [4.78, 5) is 15.7. The number of carbonyl (C=O) groups is 1. The van der Waals surface area contributed by atoms with Gasteiger partial charge in [0.25, 0.3) is 0 Å². The quantitative estimate of drug-likeness (QED) is 0.294. The van der Waals surface area contributed by atoms with E-state index in [0.717, 1.165) is 42.8 Å². The topological polar surface area (TPSA) is 59.4 Å². The molecule has 0 aliphatic carbocycles. The third-order valence-corrected chi connectivity index (χ3v) is 5.50. The number of hydrogen-bond donors (Lipinski definition) is 1. The maximum atomic E-state index is 11.1. The van der Waals surface area contributed by atoms with Crippen LogP contribution < -0.4 is 0 Å². The molecule has 0 saturated heterocycles. The molecule has 4 heteroatoms. The van der Waals surface area contributed by atoms with Crippen molar-refractivity contribution in [3.63, 3.8) is 0 Å². The Balaban J connectivity index is 1.38. The second kappa shape index (κ2) is 13.3. The highest BCUT2D eigenvalue weighted by Crippen LogP contribution is 2.12. The van der Waals surface area contributed by atoms with Crippen LogP contribution in [-0.4, -0.2) is 22.7 Å². The first kappa shape index (κ1) is 24.4. The van der Waals surface area contributed by atoms with E-state index in [4.69, 9.17) is 9.84 Å².